The van der Waals surface area contributed by atoms with E-state index in [4.69, 9.17) is 5.11 Å². The molecule has 1 amide bonds. The van der Waals surface area contributed by atoms with E-state index in [0.717, 1.165) is 0 Å². The molecule has 1 N–H and O–H groups in total. The van der Waals surface area contributed by atoms with Gasteiger partial charge in [0.1, 0.15) is 0 Å². The molecule has 0 rings (SSSR count). The van der Waals surface area contributed by atoms with Gasteiger partial charge in [-0.15, -0.1) is 0 Å². The Kier molecular flexibility index (Phi) is 5.93. The quantitative estimate of drug-likeness (QED) is 0.692. The predicted octanol–water partition coefficient (Wildman–Crippen LogP) is 0.260. The zero-order valence-electron chi connectivity index (χ0n) is 9.86. The van der Waals surface area contributed by atoms with E-state index in [1.165, 1.54) is 4.90 Å². The van der Waals surface area contributed by atoms with Crippen LogP contribution in [0.3, 0.4) is 0 Å². The van der Waals surface area contributed by atoms with Crippen LogP contribution in [0, 0.1) is 0 Å². The van der Waals surface area contributed by atoms with Crippen molar-refractivity contribution in [1.82, 2.24) is 9.80 Å². The van der Waals surface area contributed by atoms with Crippen molar-refractivity contribution in [3.8, 4) is 0 Å². The zero-order valence-corrected chi connectivity index (χ0v) is 9.86. The number of carboxylic acids is 1. The average Bonchev–Trinajstić information content (AvgIpc) is 2.11. The topological polar surface area (TPSA) is 60.9 Å². The standard InChI is InChI=1S/C10H20N2O3/c1-5-12(7-9(13)11(3)4)8(2)6-10(14)15/h8H,5-7H2,1-4H3,(H,14,15). The monoisotopic (exact) mass is 216 g/mol. The first kappa shape index (κ1) is 13.9. The largest absolute Gasteiger partial charge is 0.481 e. The van der Waals surface area contributed by atoms with E-state index in [-0.39, 0.29) is 24.9 Å². The van der Waals surface area contributed by atoms with Crippen LogP contribution in [0.4, 0.5) is 0 Å². The third-order valence-electron chi connectivity index (χ3n) is 2.34. The van der Waals surface area contributed by atoms with Gasteiger partial charge >= 0.3 is 5.97 Å². The molecule has 5 heteroatoms. The van der Waals surface area contributed by atoms with E-state index in [0.29, 0.717) is 6.54 Å². The van der Waals surface area contributed by atoms with Crippen molar-refractivity contribution in [2.45, 2.75) is 26.3 Å². The lowest BCUT2D eigenvalue weighted by molar-refractivity contribution is -0.139. The highest BCUT2D eigenvalue weighted by atomic mass is 16.4. The molecule has 0 saturated heterocycles. The van der Waals surface area contributed by atoms with Crippen LogP contribution < -0.4 is 0 Å². The average molecular weight is 216 g/mol. The molecule has 0 aromatic carbocycles. The Bertz CT molecular complexity index is 229. The molecule has 0 bridgehead atoms. The molecule has 0 aliphatic carbocycles. The molecule has 0 aromatic heterocycles. The van der Waals surface area contributed by atoms with Crippen LogP contribution >= 0.6 is 0 Å². The normalized spacial score (nSPS) is 12.6. The highest BCUT2D eigenvalue weighted by Gasteiger charge is 2.18. The third kappa shape index (κ3) is 5.37. The number of rotatable bonds is 6. The van der Waals surface area contributed by atoms with Crippen LogP contribution in [0.2, 0.25) is 0 Å². The van der Waals surface area contributed by atoms with E-state index in [9.17, 15) is 9.59 Å². The van der Waals surface area contributed by atoms with Crippen molar-refractivity contribution < 1.29 is 14.7 Å². The predicted molar refractivity (Wildman–Crippen MR) is 57.7 cm³/mol. The molecule has 88 valence electrons. The van der Waals surface area contributed by atoms with Crippen molar-refractivity contribution in [2.24, 2.45) is 0 Å². The van der Waals surface area contributed by atoms with Crippen LogP contribution in [0.5, 0.6) is 0 Å². The van der Waals surface area contributed by atoms with Crippen LogP contribution in [0.25, 0.3) is 0 Å². The lowest BCUT2D eigenvalue weighted by Gasteiger charge is -2.27. The van der Waals surface area contributed by atoms with Gasteiger partial charge in [0.25, 0.3) is 0 Å². The summed E-state index contributed by atoms with van der Waals surface area (Å²) in [7, 11) is 3.38. The molecule has 0 aromatic rings. The summed E-state index contributed by atoms with van der Waals surface area (Å²) >= 11 is 0. The fourth-order valence-corrected chi connectivity index (χ4v) is 1.28. The van der Waals surface area contributed by atoms with Crippen LogP contribution in [-0.4, -0.2) is 60.0 Å². The molecule has 15 heavy (non-hydrogen) atoms. The van der Waals surface area contributed by atoms with Gasteiger partial charge in [-0.1, -0.05) is 6.92 Å². The van der Waals surface area contributed by atoms with Crippen molar-refractivity contribution >= 4 is 11.9 Å². The van der Waals surface area contributed by atoms with Crippen LogP contribution in [0.1, 0.15) is 20.3 Å². The minimum atomic E-state index is -0.835. The maximum atomic E-state index is 11.4. The second-order valence-electron chi connectivity index (χ2n) is 3.80. The molecule has 0 fully saturated rings. The highest BCUT2D eigenvalue weighted by molar-refractivity contribution is 5.77. The van der Waals surface area contributed by atoms with E-state index in [1.807, 2.05) is 18.7 Å². The molecular formula is C10H20N2O3. The number of amides is 1. The maximum absolute atomic E-state index is 11.4. The Morgan fingerprint density at radius 1 is 1.33 bits per heavy atom. The van der Waals surface area contributed by atoms with Gasteiger partial charge in [0.15, 0.2) is 0 Å². The van der Waals surface area contributed by atoms with Gasteiger partial charge in [0, 0.05) is 20.1 Å². The third-order valence-corrected chi connectivity index (χ3v) is 2.34. The first-order chi connectivity index (χ1) is 6.88. The fourth-order valence-electron chi connectivity index (χ4n) is 1.28. The lowest BCUT2D eigenvalue weighted by Crippen LogP contribution is -2.42. The Morgan fingerprint density at radius 3 is 2.20 bits per heavy atom. The van der Waals surface area contributed by atoms with Crippen molar-refractivity contribution in [3.63, 3.8) is 0 Å². The Balaban J connectivity index is 4.23. The maximum Gasteiger partial charge on any atom is 0.304 e. The first-order valence-electron chi connectivity index (χ1n) is 5.04. The molecular weight excluding hydrogens is 196 g/mol. The van der Waals surface area contributed by atoms with Crippen molar-refractivity contribution in [1.29, 1.82) is 0 Å². The summed E-state index contributed by atoms with van der Waals surface area (Å²) in [5.41, 5.74) is 0. The minimum Gasteiger partial charge on any atom is -0.481 e. The van der Waals surface area contributed by atoms with Gasteiger partial charge in [-0.05, 0) is 13.5 Å². The summed E-state index contributed by atoms with van der Waals surface area (Å²) in [5, 5.41) is 8.65. The molecule has 0 spiro atoms. The van der Waals surface area contributed by atoms with Gasteiger partial charge in [0.05, 0.1) is 13.0 Å². The number of nitrogens with zero attached hydrogens (tertiary/aromatic N) is 2. The minimum absolute atomic E-state index is 0.00547. The molecule has 5 nitrogen and oxygen atoms in total. The second-order valence-corrected chi connectivity index (χ2v) is 3.80. The van der Waals surface area contributed by atoms with E-state index in [2.05, 4.69) is 0 Å². The number of hydrogen-bond acceptors (Lipinski definition) is 3. The zero-order chi connectivity index (χ0) is 12.0. The van der Waals surface area contributed by atoms with Crippen LogP contribution in [-0.2, 0) is 9.59 Å². The van der Waals surface area contributed by atoms with E-state index >= 15 is 0 Å². The van der Waals surface area contributed by atoms with Gasteiger partial charge in [-0.2, -0.15) is 0 Å². The number of likely N-dealkylation sites (N-methyl/N-ethyl adjacent to an activating group) is 2. The van der Waals surface area contributed by atoms with Gasteiger partial charge < -0.3 is 10.0 Å². The summed E-state index contributed by atoms with van der Waals surface area (Å²) in [6, 6.07) is -0.114. The first-order valence-corrected chi connectivity index (χ1v) is 5.04. The highest BCUT2D eigenvalue weighted by Crippen LogP contribution is 2.03. The number of aliphatic carboxylic acids is 1. The lowest BCUT2D eigenvalue weighted by atomic mass is 10.2. The second kappa shape index (κ2) is 6.40. The molecule has 0 radical (unpaired) electrons. The molecule has 0 saturated carbocycles. The van der Waals surface area contributed by atoms with Crippen LogP contribution in [0.15, 0.2) is 0 Å². The molecule has 1 unspecified atom stereocenters. The Labute approximate surface area is 90.7 Å². The molecule has 0 aliphatic heterocycles. The number of hydrogen-bond donors (Lipinski definition) is 1. The number of carbonyl (C=O) groups is 2. The summed E-state index contributed by atoms with van der Waals surface area (Å²) in [4.78, 5) is 25.3. The Morgan fingerprint density at radius 2 is 1.87 bits per heavy atom. The van der Waals surface area contributed by atoms with Crippen molar-refractivity contribution in [3.05, 3.63) is 0 Å². The SMILES string of the molecule is CCN(CC(=O)N(C)C)C(C)CC(=O)O. The van der Waals surface area contributed by atoms with Crippen molar-refractivity contribution in [2.75, 3.05) is 27.2 Å². The molecule has 0 aliphatic rings. The molecule has 1 atom stereocenters. The van der Waals surface area contributed by atoms with Gasteiger partial charge in [-0.3, -0.25) is 14.5 Å². The van der Waals surface area contributed by atoms with Gasteiger partial charge in [0.2, 0.25) is 5.91 Å². The fraction of sp³-hybridized carbons (Fsp3) is 0.800. The summed E-state index contributed by atoms with van der Waals surface area (Å²) in [6.45, 7) is 4.69. The van der Waals surface area contributed by atoms with E-state index in [1.54, 1.807) is 14.1 Å². The number of carboxylic acid groups (broad SMARTS) is 1. The summed E-state index contributed by atoms with van der Waals surface area (Å²) in [6.07, 6.45) is 0.0640. The van der Waals surface area contributed by atoms with Gasteiger partial charge in [-0.25, -0.2) is 0 Å². The number of carbonyl (C=O) groups excluding carboxylic acids is 1. The summed E-state index contributed by atoms with van der Waals surface area (Å²) < 4.78 is 0. The smallest absolute Gasteiger partial charge is 0.304 e. The summed E-state index contributed by atoms with van der Waals surface area (Å²) in [5.74, 6) is -0.840. The molecule has 0 heterocycles. The van der Waals surface area contributed by atoms with E-state index < -0.39 is 5.97 Å². The Hall–Kier alpha value is -1.10.